The standard InChI is InChI=1S/C21H28N6/c1-14-23-18(25-15-11-20(2,3)26-21(4,5)12-15)17-13-22-27(19(17)24-14)16-9-7-6-8-10-16/h6-10,13,15,26H,11-12H2,1-5H3,(H,23,24,25). The zero-order chi connectivity index (χ0) is 19.2. The number of para-hydroxylation sites is 1. The molecular formula is C21H28N6. The first-order valence-corrected chi connectivity index (χ1v) is 9.56. The van der Waals surface area contributed by atoms with Crippen LogP contribution in [0, 0.1) is 6.92 Å². The number of aromatic nitrogens is 4. The highest BCUT2D eigenvalue weighted by atomic mass is 15.3. The summed E-state index contributed by atoms with van der Waals surface area (Å²) in [5.74, 6) is 1.62. The molecule has 0 spiro atoms. The molecule has 6 nitrogen and oxygen atoms in total. The van der Waals surface area contributed by atoms with E-state index in [-0.39, 0.29) is 11.1 Å². The smallest absolute Gasteiger partial charge is 0.168 e. The first-order chi connectivity index (χ1) is 12.7. The van der Waals surface area contributed by atoms with Gasteiger partial charge in [0.2, 0.25) is 0 Å². The molecule has 3 heterocycles. The molecule has 2 aromatic heterocycles. The molecule has 0 bridgehead atoms. The Bertz CT molecular complexity index is 941. The molecule has 27 heavy (non-hydrogen) atoms. The van der Waals surface area contributed by atoms with E-state index in [4.69, 9.17) is 4.98 Å². The molecule has 1 aliphatic rings. The lowest BCUT2D eigenvalue weighted by Gasteiger charge is -2.46. The summed E-state index contributed by atoms with van der Waals surface area (Å²) in [6.45, 7) is 11.0. The quantitative estimate of drug-likeness (QED) is 0.739. The second kappa shape index (κ2) is 6.30. The van der Waals surface area contributed by atoms with Crippen molar-refractivity contribution in [3.8, 4) is 5.69 Å². The van der Waals surface area contributed by atoms with Gasteiger partial charge in [0.15, 0.2) is 5.65 Å². The summed E-state index contributed by atoms with van der Waals surface area (Å²) >= 11 is 0. The molecule has 1 aliphatic heterocycles. The summed E-state index contributed by atoms with van der Waals surface area (Å²) in [5.41, 5.74) is 1.99. The van der Waals surface area contributed by atoms with Gasteiger partial charge in [0.25, 0.3) is 0 Å². The number of nitrogens with one attached hydrogen (secondary N) is 2. The van der Waals surface area contributed by atoms with Crippen LogP contribution >= 0.6 is 0 Å². The van der Waals surface area contributed by atoms with E-state index >= 15 is 0 Å². The maximum absolute atomic E-state index is 4.70. The van der Waals surface area contributed by atoms with Crippen molar-refractivity contribution >= 4 is 16.9 Å². The van der Waals surface area contributed by atoms with Crippen LogP contribution in [0.4, 0.5) is 5.82 Å². The van der Waals surface area contributed by atoms with Crippen molar-refractivity contribution in [3.05, 3.63) is 42.4 Å². The van der Waals surface area contributed by atoms with Crippen LogP contribution in [0.25, 0.3) is 16.7 Å². The molecule has 0 unspecified atom stereocenters. The van der Waals surface area contributed by atoms with Gasteiger partial charge in [-0.05, 0) is 59.6 Å². The lowest BCUT2D eigenvalue weighted by atomic mass is 9.79. The minimum Gasteiger partial charge on any atom is -0.366 e. The highest BCUT2D eigenvalue weighted by molar-refractivity contribution is 5.87. The van der Waals surface area contributed by atoms with Crippen LogP contribution in [-0.2, 0) is 0 Å². The zero-order valence-corrected chi connectivity index (χ0v) is 16.7. The second-order valence-corrected chi connectivity index (χ2v) is 8.89. The average molecular weight is 364 g/mol. The molecule has 0 amide bonds. The van der Waals surface area contributed by atoms with Gasteiger partial charge in [-0.25, -0.2) is 14.6 Å². The summed E-state index contributed by atoms with van der Waals surface area (Å²) in [4.78, 5) is 9.36. The summed E-state index contributed by atoms with van der Waals surface area (Å²) in [6, 6.07) is 10.4. The summed E-state index contributed by atoms with van der Waals surface area (Å²) in [5, 5.41) is 13.0. The van der Waals surface area contributed by atoms with Crippen molar-refractivity contribution in [2.45, 2.75) is 64.6 Å². The predicted octanol–water partition coefficient (Wildman–Crippen LogP) is 3.85. The van der Waals surface area contributed by atoms with Crippen molar-refractivity contribution in [2.24, 2.45) is 0 Å². The highest BCUT2D eigenvalue weighted by Gasteiger charge is 2.38. The third kappa shape index (κ3) is 3.67. The van der Waals surface area contributed by atoms with Crippen LogP contribution in [0.5, 0.6) is 0 Å². The Morgan fingerprint density at radius 3 is 2.37 bits per heavy atom. The normalized spacial score (nSPS) is 19.3. The Morgan fingerprint density at radius 2 is 1.70 bits per heavy atom. The van der Waals surface area contributed by atoms with Crippen molar-refractivity contribution in [3.63, 3.8) is 0 Å². The Balaban J connectivity index is 1.72. The van der Waals surface area contributed by atoms with Crippen LogP contribution < -0.4 is 10.6 Å². The highest BCUT2D eigenvalue weighted by Crippen LogP contribution is 2.32. The summed E-state index contributed by atoms with van der Waals surface area (Å²) in [6.07, 6.45) is 3.93. The molecule has 142 valence electrons. The van der Waals surface area contributed by atoms with Crippen LogP contribution in [0.15, 0.2) is 36.5 Å². The van der Waals surface area contributed by atoms with Crippen molar-refractivity contribution in [1.82, 2.24) is 25.1 Å². The molecular weight excluding hydrogens is 336 g/mol. The van der Waals surface area contributed by atoms with Gasteiger partial charge in [-0.1, -0.05) is 18.2 Å². The molecule has 4 rings (SSSR count). The van der Waals surface area contributed by atoms with E-state index in [1.54, 1.807) is 0 Å². The van der Waals surface area contributed by atoms with Crippen molar-refractivity contribution in [2.75, 3.05) is 5.32 Å². The third-order valence-electron chi connectivity index (χ3n) is 5.07. The molecule has 0 aliphatic carbocycles. The Labute approximate surface area is 160 Å². The van der Waals surface area contributed by atoms with Gasteiger partial charge in [0.1, 0.15) is 11.6 Å². The van der Waals surface area contributed by atoms with Crippen molar-refractivity contribution in [1.29, 1.82) is 0 Å². The Hall–Kier alpha value is -2.47. The zero-order valence-electron chi connectivity index (χ0n) is 16.7. The number of fused-ring (bicyclic) bond motifs is 1. The second-order valence-electron chi connectivity index (χ2n) is 8.89. The van der Waals surface area contributed by atoms with Gasteiger partial charge in [-0.15, -0.1) is 0 Å². The van der Waals surface area contributed by atoms with E-state index in [1.165, 1.54) is 0 Å². The van der Waals surface area contributed by atoms with E-state index in [2.05, 4.69) is 48.4 Å². The average Bonchev–Trinajstić information content (AvgIpc) is 2.96. The summed E-state index contributed by atoms with van der Waals surface area (Å²) in [7, 11) is 0. The maximum Gasteiger partial charge on any atom is 0.168 e. The van der Waals surface area contributed by atoms with Crippen LogP contribution in [0.1, 0.15) is 46.4 Å². The van der Waals surface area contributed by atoms with E-state index in [1.807, 2.05) is 48.1 Å². The van der Waals surface area contributed by atoms with Crippen LogP contribution in [-0.4, -0.2) is 36.9 Å². The number of hydrogen-bond donors (Lipinski definition) is 2. The minimum atomic E-state index is 0.0782. The Kier molecular flexibility index (Phi) is 4.18. The largest absolute Gasteiger partial charge is 0.366 e. The molecule has 3 aromatic rings. The number of hydrogen-bond acceptors (Lipinski definition) is 5. The first-order valence-electron chi connectivity index (χ1n) is 9.56. The number of aryl methyl sites for hydroxylation is 1. The number of rotatable bonds is 3. The topological polar surface area (TPSA) is 67.7 Å². The van der Waals surface area contributed by atoms with Gasteiger partial charge in [0, 0.05) is 17.1 Å². The van der Waals surface area contributed by atoms with E-state index in [0.29, 0.717) is 6.04 Å². The van der Waals surface area contributed by atoms with E-state index in [0.717, 1.165) is 41.2 Å². The SMILES string of the molecule is Cc1nc(NC2CC(C)(C)NC(C)(C)C2)c2cnn(-c3ccccc3)c2n1. The van der Waals surface area contributed by atoms with Crippen LogP contribution in [0.3, 0.4) is 0 Å². The molecule has 0 saturated carbocycles. The molecule has 0 atom stereocenters. The summed E-state index contributed by atoms with van der Waals surface area (Å²) < 4.78 is 1.88. The molecule has 0 radical (unpaired) electrons. The van der Waals surface area contributed by atoms with E-state index < -0.39 is 0 Å². The maximum atomic E-state index is 4.70. The molecule has 2 N–H and O–H groups in total. The van der Waals surface area contributed by atoms with Gasteiger partial charge in [-0.2, -0.15) is 5.10 Å². The van der Waals surface area contributed by atoms with Gasteiger partial charge < -0.3 is 10.6 Å². The molecule has 1 aromatic carbocycles. The monoisotopic (exact) mass is 364 g/mol. The lowest BCUT2D eigenvalue weighted by molar-refractivity contribution is 0.170. The lowest BCUT2D eigenvalue weighted by Crippen LogP contribution is -2.60. The minimum absolute atomic E-state index is 0.0782. The number of nitrogens with zero attached hydrogens (tertiary/aromatic N) is 4. The van der Waals surface area contributed by atoms with Gasteiger partial charge in [0.05, 0.1) is 17.3 Å². The fourth-order valence-corrected chi connectivity index (χ4v) is 4.50. The fraction of sp³-hybridized carbons (Fsp3) is 0.476. The number of anilines is 1. The molecule has 1 fully saturated rings. The first kappa shape index (κ1) is 17.9. The Morgan fingerprint density at radius 1 is 1.04 bits per heavy atom. The van der Waals surface area contributed by atoms with Crippen LogP contribution in [0.2, 0.25) is 0 Å². The number of piperidine rings is 1. The van der Waals surface area contributed by atoms with Gasteiger partial charge >= 0.3 is 0 Å². The van der Waals surface area contributed by atoms with E-state index in [9.17, 15) is 0 Å². The molecule has 6 heteroatoms. The van der Waals surface area contributed by atoms with Gasteiger partial charge in [-0.3, -0.25) is 0 Å². The van der Waals surface area contributed by atoms with Crippen molar-refractivity contribution < 1.29 is 0 Å². The molecule has 1 saturated heterocycles. The third-order valence-corrected chi connectivity index (χ3v) is 5.07. The fourth-order valence-electron chi connectivity index (χ4n) is 4.50. The number of benzene rings is 1. The predicted molar refractivity (Wildman–Crippen MR) is 109 cm³/mol.